The molecule has 6 heteroatoms. The van der Waals surface area contributed by atoms with Crippen molar-refractivity contribution in [2.45, 2.75) is 25.0 Å². The fourth-order valence-corrected chi connectivity index (χ4v) is 4.27. The van der Waals surface area contributed by atoms with Crippen LogP contribution in [-0.4, -0.2) is 41.6 Å². The minimum Gasteiger partial charge on any atom is -0.376 e. The first kappa shape index (κ1) is 19.0. The van der Waals surface area contributed by atoms with Crippen LogP contribution < -0.4 is 0 Å². The average molecular weight is 442 g/mol. The first-order valence-electron chi connectivity index (χ1n) is 9.37. The Kier molecular flexibility index (Phi) is 5.42. The van der Waals surface area contributed by atoms with E-state index in [1.54, 1.807) is 24.3 Å². The van der Waals surface area contributed by atoms with Crippen molar-refractivity contribution in [3.63, 3.8) is 0 Å². The molecule has 144 valence electrons. The molecule has 5 nitrogen and oxygen atoms in total. The van der Waals surface area contributed by atoms with E-state index in [9.17, 15) is 14.4 Å². The number of nitrogens with zero attached hydrogens (tertiary/aromatic N) is 1. The van der Waals surface area contributed by atoms with Gasteiger partial charge in [0.2, 0.25) is 5.78 Å². The van der Waals surface area contributed by atoms with Gasteiger partial charge in [-0.2, -0.15) is 0 Å². The molecule has 2 heterocycles. The Bertz CT molecular complexity index is 891. The summed E-state index contributed by atoms with van der Waals surface area (Å²) in [5.41, 5.74) is 1.21. The molecule has 2 saturated heterocycles. The van der Waals surface area contributed by atoms with Crippen LogP contribution in [0.2, 0.25) is 0 Å². The van der Waals surface area contributed by atoms with E-state index in [-0.39, 0.29) is 11.9 Å². The summed E-state index contributed by atoms with van der Waals surface area (Å²) in [5, 5.41) is 0. The number of rotatable bonds is 5. The molecule has 0 radical (unpaired) electrons. The molecule has 2 aromatic rings. The number of carbonyl (C=O) groups is 3. The highest BCUT2D eigenvalue weighted by Gasteiger charge is 2.52. The van der Waals surface area contributed by atoms with Crippen LogP contribution in [0.1, 0.15) is 34.8 Å². The van der Waals surface area contributed by atoms with Gasteiger partial charge < -0.3 is 9.64 Å². The van der Waals surface area contributed by atoms with Crippen molar-refractivity contribution in [1.29, 1.82) is 0 Å². The topological polar surface area (TPSA) is 63.7 Å². The van der Waals surface area contributed by atoms with Crippen molar-refractivity contribution in [3.05, 3.63) is 70.2 Å². The number of halogens is 1. The Hall–Kier alpha value is -2.31. The number of benzene rings is 2. The molecule has 0 spiro atoms. The van der Waals surface area contributed by atoms with Gasteiger partial charge in [-0.1, -0.05) is 58.4 Å². The molecule has 0 saturated carbocycles. The largest absolute Gasteiger partial charge is 0.376 e. The first-order chi connectivity index (χ1) is 13.6. The highest BCUT2D eigenvalue weighted by molar-refractivity contribution is 9.10. The third kappa shape index (κ3) is 3.54. The summed E-state index contributed by atoms with van der Waals surface area (Å²) in [6, 6.07) is 15.5. The zero-order chi connectivity index (χ0) is 19.7. The minimum atomic E-state index is -1.04. The van der Waals surface area contributed by atoms with Gasteiger partial charge in [-0.05, 0) is 30.5 Å². The second-order valence-electron chi connectivity index (χ2n) is 7.16. The zero-order valence-electron chi connectivity index (χ0n) is 15.2. The van der Waals surface area contributed by atoms with Crippen molar-refractivity contribution in [1.82, 2.24) is 4.90 Å². The van der Waals surface area contributed by atoms with Crippen molar-refractivity contribution >= 4 is 33.4 Å². The van der Waals surface area contributed by atoms with Gasteiger partial charge >= 0.3 is 0 Å². The molecule has 2 aliphatic rings. The van der Waals surface area contributed by atoms with E-state index < -0.39 is 23.7 Å². The van der Waals surface area contributed by atoms with E-state index in [2.05, 4.69) is 15.9 Å². The monoisotopic (exact) mass is 441 g/mol. The van der Waals surface area contributed by atoms with Gasteiger partial charge in [0, 0.05) is 23.2 Å². The van der Waals surface area contributed by atoms with E-state index in [0.717, 1.165) is 22.9 Å². The highest BCUT2D eigenvalue weighted by atomic mass is 79.9. The van der Waals surface area contributed by atoms with E-state index in [4.69, 9.17) is 4.74 Å². The maximum Gasteiger partial charge on any atom is 0.291 e. The van der Waals surface area contributed by atoms with E-state index in [1.807, 2.05) is 30.3 Å². The molecule has 28 heavy (non-hydrogen) atoms. The predicted molar refractivity (Wildman–Crippen MR) is 107 cm³/mol. The van der Waals surface area contributed by atoms with Gasteiger partial charge in [-0.15, -0.1) is 0 Å². The lowest BCUT2D eigenvalue weighted by molar-refractivity contribution is -0.141. The molecule has 3 unspecified atom stereocenters. The summed E-state index contributed by atoms with van der Waals surface area (Å²) in [7, 11) is 0. The normalized spacial score (nSPS) is 24.8. The third-order valence-corrected chi connectivity index (χ3v) is 5.91. The van der Waals surface area contributed by atoms with Crippen LogP contribution in [-0.2, 0) is 14.3 Å². The summed E-state index contributed by atoms with van der Waals surface area (Å²) in [4.78, 5) is 40.5. The summed E-state index contributed by atoms with van der Waals surface area (Å²) < 4.78 is 6.58. The zero-order valence-corrected chi connectivity index (χ0v) is 16.8. The molecule has 4 rings (SSSR count). The van der Waals surface area contributed by atoms with Gasteiger partial charge in [0.05, 0.1) is 12.1 Å². The van der Waals surface area contributed by atoms with Gasteiger partial charge in [0.1, 0.15) is 5.92 Å². The molecule has 0 aromatic heterocycles. The number of likely N-dealkylation sites (tertiary alicyclic amines) is 1. The molecular weight excluding hydrogens is 422 g/mol. The molecule has 3 atom stereocenters. The smallest absolute Gasteiger partial charge is 0.291 e. The Morgan fingerprint density at radius 2 is 1.79 bits per heavy atom. The van der Waals surface area contributed by atoms with E-state index >= 15 is 0 Å². The molecule has 1 amide bonds. The third-order valence-electron chi connectivity index (χ3n) is 5.38. The van der Waals surface area contributed by atoms with Gasteiger partial charge in [0.15, 0.2) is 5.78 Å². The summed E-state index contributed by atoms with van der Waals surface area (Å²) in [6.45, 7) is 0.986. The van der Waals surface area contributed by atoms with Crippen molar-refractivity contribution in [2.75, 3.05) is 13.2 Å². The maximum atomic E-state index is 13.2. The average Bonchev–Trinajstić information content (AvgIpc) is 3.31. The summed E-state index contributed by atoms with van der Waals surface area (Å²) in [6.07, 6.45) is 1.69. The molecule has 2 aliphatic heterocycles. The van der Waals surface area contributed by atoms with Crippen LogP contribution in [0.15, 0.2) is 59.1 Å². The lowest BCUT2D eigenvalue weighted by atomic mass is 9.86. The number of Topliss-reactive ketones (excluding diaryl/α,β-unsaturated/α-hetero) is 2. The lowest BCUT2D eigenvalue weighted by Crippen LogP contribution is -2.36. The quantitative estimate of drug-likeness (QED) is 0.404. The lowest BCUT2D eigenvalue weighted by Gasteiger charge is -2.29. The second kappa shape index (κ2) is 7.97. The Labute approximate surface area is 171 Å². The number of amides is 1. The number of ketones is 2. The molecule has 2 aromatic carbocycles. The fourth-order valence-electron chi connectivity index (χ4n) is 4.01. The van der Waals surface area contributed by atoms with Crippen molar-refractivity contribution < 1.29 is 19.1 Å². The first-order valence-corrected chi connectivity index (χ1v) is 10.2. The van der Waals surface area contributed by atoms with Crippen molar-refractivity contribution in [2.24, 2.45) is 5.92 Å². The highest BCUT2D eigenvalue weighted by Crippen LogP contribution is 2.39. The Balaban J connectivity index is 1.73. The van der Waals surface area contributed by atoms with Crippen LogP contribution in [0.5, 0.6) is 0 Å². The van der Waals surface area contributed by atoms with Crippen LogP contribution in [0, 0.1) is 5.92 Å². The Morgan fingerprint density at radius 1 is 1.07 bits per heavy atom. The van der Waals surface area contributed by atoms with Gasteiger partial charge in [0.25, 0.3) is 5.91 Å². The number of hydrogen-bond acceptors (Lipinski definition) is 4. The van der Waals surface area contributed by atoms with Crippen LogP contribution >= 0.6 is 15.9 Å². The van der Waals surface area contributed by atoms with Crippen molar-refractivity contribution in [3.8, 4) is 0 Å². The van der Waals surface area contributed by atoms with Crippen LogP contribution in [0.3, 0.4) is 0 Å². The summed E-state index contributed by atoms with van der Waals surface area (Å²) in [5.74, 6) is -2.60. The van der Waals surface area contributed by atoms with Gasteiger partial charge in [-0.3, -0.25) is 14.4 Å². The predicted octanol–water partition coefficient (Wildman–Crippen LogP) is 3.58. The standard InChI is InChI=1S/C22H20BrNO4/c23-16-10-8-14(9-11-16)19-18(20(25)15-5-2-1-3-6-15)21(26)22(27)24(19)13-17-7-4-12-28-17/h1-3,5-6,8-11,17-19H,4,7,12-13H2. The SMILES string of the molecule is O=C1C(=O)N(CC2CCCO2)C(c2ccc(Br)cc2)C1C(=O)c1ccccc1. The van der Waals surface area contributed by atoms with Gasteiger partial charge in [-0.25, -0.2) is 0 Å². The number of carbonyl (C=O) groups excluding carboxylic acids is 3. The molecule has 0 N–H and O–H groups in total. The molecule has 0 bridgehead atoms. The van der Waals surface area contributed by atoms with E-state index in [1.165, 1.54) is 4.90 Å². The van der Waals surface area contributed by atoms with E-state index in [0.29, 0.717) is 18.7 Å². The van der Waals surface area contributed by atoms with Crippen LogP contribution in [0.4, 0.5) is 0 Å². The summed E-state index contributed by atoms with van der Waals surface area (Å²) >= 11 is 3.41. The second-order valence-corrected chi connectivity index (χ2v) is 8.08. The number of ether oxygens (including phenoxy) is 1. The molecule has 2 fully saturated rings. The Morgan fingerprint density at radius 3 is 2.43 bits per heavy atom. The fraction of sp³-hybridized carbons (Fsp3) is 0.318. The number of hydrogen-bond donors (Lipinski definition) is 0. The molecular formula is C22H20BrNO4. The maximum absolute atomic E-state index is 13.2. The van der Waals surface area contributed by atoms with Crippen LogP contribution in [0.25, 0.3) is 0 Å². The molecule has 0 aliphatic carbocycles. The minimum absolute atomic E-state index is 0.0970.